The number of anilines is 1. The Morgan fingerprint density at radius 1 is 1.05 bits per heavy atom. The van der Waals surface area contributed by atoms with Gasteiger partial charge in [0.2, 0.25) is 0 Å². The fourth-order valence-corrected chi connectivity index (χ4v) is 3.44. The molecule has 0 spiro atoms. The number of aromatic amines is 1. The fraction of sp³-hybridized carbons (Fsp3) is 0.148. The van der Waals surface area contributed by atoms with Gasteiger partial charge in [0, 0.05) is 30.6 Å². The molecule has 1 unspecified atom stereocenters. The highest BCUT2D eigenvalue weighted by atomic mass is 19.1. The average Bonchev–Trinajstić information content (AvgIpc) is 3.40. The molecule has 4 rings (SSSR count). The lowest BCUT2D eigenvalue weighted by Gasteiger charge is -2.10. The zero-order chi connectivity index (χ0) is 26.4. The number of carbonyl (C=O) groups excluding carboxylic acids is 2. The highest BCUT2D eigenvalue weighted by Crippen LogP contribution is 2.27. The number of aryl methyl sites for hydroxylation is 1. The molecule has 2 aromatic heterocycles. The number of rotatable bonds is 9. The van der Waals surface area contributed by atoms with Crippen LogP contribution in [0, 0.1) is 12.7 Å². The first-order chi connectivity index (χ1) is 17.8. The maximum Gasteiger partial charge on any atom is 0.255 e. The lowest BCUT2D eigenvalue weighted by molar-refractivity contribution is 0.0802. The van der Waals surface area contributed by atoms with E-state index in [4.69, 9.17) is 9.84 Å². The molecule has 0 radical (unpaired) electrons. The summed E-state index contributed by atoms with van der Waals surface area (Å²) in [6, 6.07) is 15.9. The van der Waals surface area contributed by atoms with Crippen LogP contribution >= 0.6 is 0 Å². The third-order valence-electron chi connectivity index (χ3n) is 5.36. The van der Waals surface area contributed by atoms with Crippen molar-refractivity contribution in [3.8, 4) is 22.9 Å². The summed E-state index contributed by atoms with van der Waals surface area (Å²) in [5.74, 6) is -0.581. The summed E-state index contributed by atoms with van der Waals surface area (Å²) in [5, 5.41) is 23.4. The molecule has 5 N–H and O–H groups in total. The van der Waals surface area contributed by atoms with Crippen LogP contribution in [0.15, 0.2) is 73.1 Å². The van der Waals surface area contributed by atoms with Crippen molar-refractivity contribution in [2.24, 2.45) is 0 Å². The molecule has 10 heteroatoms. The molecule has 4 aromatic rings. The van der Waals surface area contributed by atoms with Crippen LogP contribution in [0.3, 0.4) is 0 Å². The third kappa shape index (κ3) is 6.57. The van der Waals surface area contributed by atoms with Crippen LogP contribution in [-0.4, -0.2) is 51.3 Å². The minimum absolute atomic E-state index is 0.0750. The number of halogens is 1. The first-order valence-electron chi connectivity index (χ1n) is 11.4. The Morgan fingerprint density at radius 2 is 1.86 bits per heavy atom. The second-order valence-electron chi connectivity index (χ2n) is 8.29. The quantitative estimate of drug-likeness (QED) is 0.236. The van der Waals surface area contributed by atoms with Gasteiger partial charge in [0.25, 0.3) is 11.8 Å². The van der Waals surface area contributed by atoms with Gasteiger partial charge in [-0.25, -0.2) is 4.39 Å². The molecule has 0 fully saturated rings. The second-order valence-corrected chi connectivity index (χ2v) is 8.29. The number of amides is 2. The zero-order valence-electron chi connectivity index (χ0n) is 19.9. The highest BCUT2D eigenvalue weighted by molar-refractivity contribution is 6.04. The van der Waals surface area contributed by atoms with Crippen molar-refractivity contribution in [3.63, 3.8) is 0 Å². The van der Waals surface area contributed by atoms with Crippen LogP contribution in [-0.2, 0) is 0 Å². The van der Waals surface area contributed by atoms with E-state index in [2.05, 4.69) is 20.6 Å². The summed E-state index contributed by atoms with van der Waals surface area (Å²) in [5.41, 5.74) is 2.61. The number of aliphatic hydroxyl groups is 2. The Kier molecular flexibility index (Phi) is 7.92. The number of hydrogen-bond acceptors (Lipinski definition) is 6. The van der Waals surface area contributed by atoms with E-state index in [0.717, 1.165) is 5.56 Å². The maximum absolute atomic E-state index is 14.0. The molecule has 2 amide bonds. The number of nitrogens with one attached hydrogen (secondary N) is 3. The van der Waals surface area contributed by atoms with Gasteiger partial charge < -0.3 is 30.6 Å². The summed E-state index contributed by atoms with van der Waals surface area (Å²) >= 11 is 0. The van der Waals surface area contributed by atoms with Crippen molar-refractivity contribution in [2.45, 2.75) is 13.0 Å². The number of H-pyrrole nitrogens is 1. The van der Waals surface area contributed by atoms with Crippen molar-refractivity contribution in [3.05, 3.63) is 95.6 Å². The number of aromatic nitrogens is 2. The van der Waals surface area contributed by atoms with Crippen LogP contribution in [0.1, 0.15) is 26.3 Å². The van der Waals surface area contributed by atoms with Crippen molar-refractivity contribution in [1.29, 1.82) is 0 Å². The SMILES string of the molecule is Cc1ccc(F)c(NC(=O)c2cccc(Oc3ccnc(-c4cc(C(=O)NCC(O)CO)c[nH]4)c3)c2)c1. The molecule has 0 bridgehead atoms. The molecule has 0 saturated heterocycles. The van der Waals surface area contributed by atoms with Gasteiger partial charge in [-0.1, -0.05) is 12.1 Å². The smallest absolute Gasteiger partial charge is 0.255 e. The fourth-order valence-electron chi connectivity index (χ4n) is 3.44. The van der Waals surface area contributed by atoms with Gasteiger partial charge in [-0.3, -0.25) is 14.6 Å². The average molecular weight is 505 g/mol. The number of carbonyl (C=O) groups is 2. The van der Waals surface area contributed by atoms with Gasteiger partial charge in [0.05, 0.1) is 35.3 Å². The molecule has 37 heavy (non-hydrogen) atoms. The van der Waals surface area contributed by atoms with E-state index in [1.54, 1.807) is 67.7 Å². The highest BCUT2D eigenvalue weighted by Gasteiger charge is 2.14. The van der Waals surface area contributed by atoms with Crippen LogP contribution < -0.4 is 15.4 Å². The molecule has 2 heterocycles. The number of aliphatic hydroxyl groups excluding tert-OH is 2. The van der Waals surface area contributed by atoms with E-state index in [0.29, 0.717) is 34.0 Å². The topological polar surface area (TPSA) is 137 Å². The minimum atomic E-state index is -1.04. The van der Waals surface area contributed by atoms with Crippen LogP contribution in [0.4, 0.5) is 10.1 Å². The Hall–Kier alpha value is -4.54. The molecule has 0 aliphatic rings. The minimum Gasteiger partial charge on any atom is -0.457 e. The number of benzene rings is 2. The summed E-state index contributed by atoms with van der Waals surface area (Å²) in [7, 11) is 0. The number of hydrogen-bond donors (Lipinski definition) is 5. The normalized spacial score (nSPS) is 11.6. The Bertz CT molecular complexity index is 1420. The molecule has 0 aliphatic heterocycles. The van der Waals surface area contributed by atoms with E-state index in [9.17, 15) is 19.1 Å². The largest absolute Gasteiger partial charge is 0.457 e. The summed E-state index contributed by atoms with van der Waals surface area (Å²) in [6.45, 7) is 1.28. The van der Waals surface area contributed by atoms with Crippen molar-refractivity contribution < 1.29 is 28.9 Å². The van der Waals surface area contributed by atoms with Gasteiger partial charge in [-0.2, -0.15) is 0 Å². The summed E-state index contributed by atoms with van der Waals surface area (Å²) < 4.78 is 19.9. The van der Waals surface area contributed by atoms with E-state index < -0.39 is 30.3 Å². The molecule has 9 nitrogen and oxygen atoms in total. The van der Waals surface area contributed by atoms with E-state index in [1.165, 1.54) is 12.3 Å². The molecule has 1 atom stereocenters. The predicted molar refractivity (Wildman–Crippen MR) is 135 cm³/mol. The number of nitrogens with zero attached hydrogens (tertiary/aromatic N) is 1. The van der Waals surface area contributed by atoms with Crippen LogP contribution in [0.25, 0.3) is 11.4 Å². The summed E-state index contributed by atoms with van der Waals surface area (Å²) in [4.78, 5) is 32.2. The van der Waals surface area contributed by atoms with Gasteiger partial charge in [-0.05, 0) is 55.0 Å². The van der Waals surface area contributed by atoms with Crippen molar-refractivity contribution >= 4 is 17.5 Å². The Labute approximate surface area is 212 Å². The molecular formula is C27H25FN4O5. The lowest BCUT2D eigenvalue weighted by Crippen LogP contribution is -2.33. The van der Waals surface area contributed by atoms with E-state index in [-0.39, 0.29) is 12.2 Å². The van der Waals surface area contributed by atoms with Crippen LogP contribution in [0.5, 0.6) is 11.5 Å². The molecule has 0 aliphatic carbocycles. The zero-order valence-corrected chi connectivity index (χ0v) is 19.9. The number of ether oxygens (including phenoxy) is 1. The number of pyridine rings is 1. The first-order valence-corrected chi connectivity index (χ1v) is 11.4. The summed E-state index contributed by atoms with van der Waals surface area (Å²) in [6.07, 6.45) is 2.01. The van der Waals surface area contributed by atoms with Crippen molar-refractivity contribution in [2.75, 3.05) is 18.5 Å². The molecule has 190 valence electrons. The maximum atomic E-state index is 14.0. The Morgan fingerprint density at radius 3 is 2.68 bits per heavy atom. The van der Waals surface area contributed by atoms with Gasteiger partial charge >= 0.3 is 0 Å². The Balaban J connectivity index is 1.45. The second kappa shape index (κ2) is 11.5. The molecular weight excluding hydrogens is 479 g/mol. The van der Waals surface area contributed by atoms with Gasteiger partial charge in [0.1, 0.15) is 17.3 Å². The van der Waals surface area contributed by atoms with Gasteiger partial charge in [-0.15, -0.1) is 0 Å². The van der Waals surface area contributed by atoms with E-state index >= 15 is 0 Å². The standard InChI is InChI=1S/C27H25FN4O5/c1-16-5-6-22(28)23(9-16)32-27(36)17-3-2-4-20(10-17)37-21-7-8-29-25(12-21)24-11-18(13-30-24)26(35)31-14-19(34)15-33/h2-13,19,30,33-34H,14-15H2,1H3,(H,31,35)(H,32,36). The third-order valence-corrected chi connectivity index (χ3v) is 5.36. The lowest BCUT2D eigenvalue weighted by atomic mass is 10.1. The predicted octanol–water partition coefficient (Wildman–Crippen LogP) is 3.65. The monoisotopic (exact) mass is 504 g/mol. The first kappa shape index (κ1) is 25.5. The van der Waals surface area contributed by atoms with E-state index in [1.807, 2.05) is 0 Å². The van der Waals surface area contributed by atoms with Crippen LogP contribution in [0.2, 0.25) is 0 Å². The molecule has 2 aromatic carbocycles. The van der Waals surface area contributed by atoms with Crippen molar-refractivity contribution in [1.82, 2.24) is 15.3 Å². The van der Waals surface area contributed by atoms with Gasteiger partial charge in [0.15, 0.2) is 0 Å². The molecule has 0 saturated carbocycles.